The van der Waals surface area contributed by atoms with Crippen LogP contribution in [0.3, 0.4) is 0 Å². The lowest BCUT2D eigenvalue weighted by Gasteiger charge is -2.26. The van der Waals surface area contributed by atoms with E-state index in [-0.39, 0.29) is 18.0 Å². The lowest BCUT2D eigenvalue weighted by molar-refractivity contribution is -0.121. The fourth-order valence-corrected chi connectivity index (χ4v) is 5.20. The van der Waals surface area contributed by atoms with Gasteiger partial charge in [-0.2, -0.15) is 11.8 Å². The van der Waals surface area contributed by atoms with Gasteiger partial charge < -0.3 is 30.7 Å². The van der Waals surface area contributed by atoms with E-state index in [1.165, 1.54) is 0 Å². The van der Waals surface area contributed by atoms with Crippen LogP contribution in [0.5, 0.6) is 0 Å². The standard InChI is InChI=1S/C18H34N4O4S/c1-2-22-17-14(21-18(22)24)13-27-15(17)5-3-4-6-16(23)20-8-10-26-12-11-25-9-7-19/h14-15,17H,2-13,19H2,1H3,(H,20,23)(H,21,24)/t14?,15-,17?/m0/s1. The molecule has 0 spiro atoms. The van der Waals surface area contributed by atoms with Crippen LogP contribution in [0.15, 0.2) is 0 Å². The summed E-state index contributed by atoms with van der Waals surface area (Å²) < 4.78 is 10.6. The van der Waals surface area contributed by atoms with E-state index in [1.54, 1.807) is 0 Å². The molecule has 2 heterocycles. The molecule has 2 rings (SSSR count). The number of nitrogens with zero attached hydrogens (tertiary/aromatic N) is 1. The van der Waals surface area contributed by atoms with Crippen molar-refractivity contribution in [2.24, 2.45) is 5.73 Å². The van der Waals surface area contributed by atoms with Crippen molar-refractivity contribution in [3.05, 3.63) is 0 Å². The van der Waals surface area contributed by atoms with E-state index >= 15 is 0 Å². The van der Waals surface area contributed by atoms with Gasteiger partial charge in [-0.25, -0.2) is 4.79 Å². The Balaban J connectivity index is 1.48. The first-order chi connectivity index (χ1) is 13.2. The fourth-order valence-electron chi connectivity index (χ4n) is 3.60. The first-order valence-electron chi connectivity index (χ1n) is 9.98. The van der Waals surface area contributed by atoms with Gasteiger partial charge in [-0.05, 0) is 19.8 Å². The molecule has 9 heteroatoms. The summed E-state index contributed by atoms with van der Waals surface area (Å²) in [6.07, 6.45) is 3.48. The maximum atomic E-state index is 11.9. The van der Waals surface area contributed by atoms with Crippen LogP contribution in [-0.4, -0.2) is 86.0 Å². The van der Waals surface area contributed by atoms with Crippen molar-refractivity contribution in [3.8, 4) is 0 Å². The average molecular weight is 403 g/mol. The third-order valence-corrected chi connectivity index (χ3v) is 6.39. The number of fused-ring (bicyclic) bond motifs is 1. The van der Waals surface area contributed by atoms with Crippen molar-refractivity contribution >= 4 is 23.7 Å². The molecule has 0 aromatic carbocycles. The Morgan fingerprint density at radius 2 is 2.07 bits per heavy atom. The van der Waals surface area contributed by atoms with Crippen LogP contribution < -0.4 is 16.4 Å². The van der Waals surface area contributed by atoms with E-state index in [2.05, 4.69) is 10.6 Å². The number of unbranched alkanes of at least 4 members (excludes halogenated alkanes) is 1. The number of carbonyl (C=O) groups excluding carboxylic acids is 2. The SMILES string of the molecule is CCN1C(=O)NC2CS[C@@H](CCCCC(=O)NCCOCCOCCN)C21. The quantitative estimate of drug-likeness (QED) is 0.289. The van der Waals surface area contributed by atoms with Gasteiger partial charge in [-0.3, -0.25) is 4.79 Å². The molecule has 2 aliphatic heterocycles. The second kappa shape index (κ2) is 12.4. The summed E-state index contributed by atoms with van der Waals surface area (Å²) in [5, 5.41) is 6.44. The first kappa shape index (κ1) is 22.3. The largest absolute Gasteiger partial charge is 0.378 e. The molecule has 8 nitrogen and oxygen atoms in total. The van der Waals surface area contributed by atoms with E-state index in [0.29, 0.717) is 57.2 Å². The summed E-state index contributed by atoms with van der Waals surface area (Å²) in [6, 6.07) is 0.675. The highest BCUT2D eigenvalue weighted by Gasteiger charge is 2.47. The number of nitrogens with two attached hydrogens (primary N) is 1. The number of ether oxygens (including phenoxy) is 2. The number of hydrogen-bond acceptors (Lipinski definition) is 6. The average Bonchev–Trinajstić information content (AvgIpc) is 3.18. The second-order valence-corrected chi connectivity index (χ2v) is 8.09. The molecular weight excluding hydrogens is 368 g/mol. The molecule has 0 aromatic heterocycles. The van der Waals surface area contributed by atoms with Crippen molar-refractivity contribution in [1.29, 1.82) is 0 Å². The molecule has 27 heavy (non-hydrogen) atoms. The topological polar surface area (TPSA) is 106 Å². The van der Waals surface area contributed by atoms with Crippen LogP contribution in [0.4, 0.5) is 4.79 Å². The van der Waals surface area contributed by atoms with E-state index in [4.69, 9.17) is 15.2 Å². The zero-order chi connectivity index (χ0) is 19.5. The summed E-state index contributed by atoms with van der Waals surface area (Å²) in [6.45, 7) is 5.92. The summed E-state index contributed by atoms with van der Waals surface area (Å²) in [7, 11) is 0. The smallest absolute Gasteiger partial charge is 0.318 e. The van der Waals surface area contributed by atoms with Crippen molar-refractivity contribution in [3.63, 3.8) is 0 Å². The molecule has 0 aliphatic carbocycles. The van der Waals surface area contributed by atoms with Gasteiger partial charge in [0, 0.05) is 37.1 Å². The van der Waals surface area contributed by atoms with Gasteiger partial charge in [0.05, 0.1) is 38.5 Å². The number of rotatable bonds is 14. The molecular formula is C18H34N4O4S. The molecule has 2 aliphatic rings. The number of carbonyl (C=O) groups is 2. The van der Waals surface area contributed by atoms with Crippen LogP contribution in [0.25, 0.3) is 0 Å². The number of hydrogen-bond donors (Lipinski definition) is 3. The van der Waals surface area contributed by atoms with E-state index in [0.717, 1.165) is 31.6 Å². The number of urea groups is 1. The predicted molar refractivity (Wildman–Crippen MR) is 107 cm³/mol. The Kier molecular flexibility index (Phi) is 10.3. The van der Waals surface area contributed by atoms with Crippen LogP contribution in [0.1, 0.15) is 32.6 Å². The predicted octanol–water partition coefficient (Wildman–Crippen LogP) is 0.553. The molecule has 0 saturated carbocycles. The minimum Gasteiger partial charge on any atom is -0.378 e. The second-order valence-electron chi connectivity index (χ2n) is 6.81. The first-order valence-corrected chi connectivity index (χ1v) is 11.0. The van der Waals surface area contributed by atoms with Crippen LogP contribution in [0, 0.1) is 0 Å². The number of nitrogens with one attached hydrogen (secondary N) is 2. The maximum absolute atomic E-state index is 11.9. The lowest BCUT2D eigenvalue weighted by Crippen LogP contribution is -2.40. The zero-order valence-electron chi connectivity index (χ0n) is 16.3. The van der Waals surface area contributed by atoms with Gasteiger partial charge in [0.1, 0.15) is 0 Å². The molecule has 0 aromatic rings. The molecule has 4 N–H and O–H groups in total. The van der Waals surface area contributed by atoms with E-state index < -0.39 is 0 Å². The van der Waals surface area contributed by atoms with Crippen LogP contribution in [-0.2, 0) is 14.3 Å². The lowest BCUT2D eigenvalue weighted by atomic mass is 10.0. The fraction of sp³-hybridized carbons (Fsp3) is 0.889. The van der Waals surface area contributed by atoms with Crippen LogP contribution in [0.2, 0.25) is 0 Å². The molecule has 0 radical (unpaired) electrons. The molecule has 3 atom stereocenters. The summed E-state index contributed by atoms with van der Waals surface area (Å²) in [4.78, 5) is 25.8. The summed E-state index contributed by atoms with van der Waals surface area (Å²) in [5.74, 6) is 1.07. The Morgan fingerprint density at radius 1 is 1.30 bits per heavy atom. The van der Waals surface area contributed by atoms with Crippen molar-refractivity contribution in [1.82, 2.24) is 15.5 Å². The van der Waals surface area contributed by atoms with Gasteiger partial charge in [0.15, 0.2) is 0 Å². The minimum atomic E-state index is 0.0721. The van der Waals surface area contributed by atoms with E-state index in [1.807, 2.05) is 23.6 Å². The maximum Gasteiger partial charge on any atom is 0.318 e. The number of likely N-dealkylation sites (N-methyl/N-ethyl adjacent to an activating group) is 1. The molecule has 156 valence electrons. The van der Waals surface area contributed by atoms with E-state index in [9.17, 15) is 9.59 Å². The van der Waals surface area contributed by atoms with Crippen molar-refractivity contribution < 1.29 is 19.1 Å². The van der Waals surface area contributed by atoms with Gasteiger partial charge in [-0.1, -0.05) is 6.42 Å². The number of thioether (sulfide) groups is 1. The highest BCUT2D eigenvalue weighted by Crippen LogP contribution is 2.37. The van der Waals surface area contributed by atoms with Gasteiger partial charge in [0.25, 0.3) is 0 Å². The minimum absolute atomic E-state index is 0.0721. The Hall–Kier alpha value is -1.03. The Labute approximate surface area is 166 Å². The number of amides is 3. The summed E-state index contributed by atoms with van der Waals surface area (Å²) >= 11 is 1.95. The third kappa shape index (κ3) is 7.14. The Bertz CT molecular complexity index is 469. The zero-order valence-corrected chi connectivity index (χ0v) is 17.1. The highest BCUT2D eigenvalue weighted by atomic mass is 32.2. The third-order valence-electron chi connectivity index (χ3n) is 4.90. The molecule has 2 fully saturated rings. The van der Waals surface area contributed by atoms with Crippen molar-refractivity contribution in [2.75, 3.05) is 51.8 Å². The molecule has 3 amide bonds. The monoisotopic (exact) mass is 402 g/mol. The molecule has 2 unspecified atom stereocenters. The van der Waals surface area contributed by atoms with Crippen molar-refractivity contribution in [2.45, 2.75) is 49.9 Å². The van der Waals surface area contributed by atoms with Gasteiger partial charge in [0.2, 0.25) is 5.91 Å². The molecule has 2 saturated heterocycles. The highest BCUT2D eigenvalue weighted by molar-refractivity contribution is 8.00. The van der Waals surface area contributed by atoms with Gasteiger partial charge in [-0.15, -0.1) is 0 Å². The normalized spacial score (nSPS) is 24.1. The van der Waals surface area contributed by atoms with Crippen LogP contribution >= 0.6 is 11.8 Å². The summed E-state index contributed by atoms with van der Waals surface area (Å²) in [5.41, 5.74) is 5.32. The molecule has 0 bridgehead atoms. The van der Waals surface area contributed by atoms with Gasteiger partial charge >= 0.3 is 6.03 Å². The Morgan fingerprint density at radius 3 is 2.81 bits per heavy atom.